The molecule has 23 heavy (non-hydrogen) atoms. The van der Waals surface area contributed by atoms with Crippen LogP contribution < -0.4 is 20.1 Å². The van der Waals surface area contributed by atoms with E-state index in [1.807, 2.05) is 31.2 Å². The molecule has 0 saturated carbocycles. The molecule has 2 aromatic rings. The number of nitrogens with one attached hydrogen (secondary N) is 2. The van der Waals surface area contributed by atoms with E-state index in [-0.39, 0.29) is 12.5 Å². The van der Waals surface area contributed by atoms with Gasteiger partial charge in [-0.3, -0.25) is 4.79 Å². The highest BCUT2D eigenvalue weighted by molar-refractivity contribution is 6.31. The first-order valence-corrected chi connectivity index (χ1v) is 7.69. The second-order valence-electron chi connectivity index (χ2n) is 5.22. The second-order valence-corrected chi connectivity index (χ2v) is 5.66. The fraction of sp³-hybridized carbons (Fsp3) is 0.235. The summed E-state index contributed by atoms with van der Waals surface area (Å²) in [5.74, 6) is 1.26. The lowest BCUT2D eigenvalue weighted by molar-refractivity contribution is -0.114. The van der Waals surface area contributed by atoms with Gasteiger partial charge in [0.1, 0.15) is 13.2 Å². The maximum absolute atomic E-state index is 12.1. The number of ether oxygens (including phenoxy) is 2. The van der Waals surface area contributed by atoms with E-state index in [1.165, 1.54) is 0 Å². The number of anilines is 2. The summed E-state index contributed by atoms with van der Waals surface area (Å²) in [6.07, 6.45) is 0. The molecule has 2 aromatic carbocycles. The second kappa shape index (κ2) is 6.79. The van der Waals surface area contributed by atoms with Crippen molar-refractivity contribution in [1.82, 2.24) is 0 Å². The Labute approximate surface area is 139 Å². The highest BCUT2D eigenvalue weighted by atomic mass is 35.5. The molecule has 0 bridgehead atoms. The van der Waals surface area contributed by atoms with Crippen molar-refractivity contribution in [3.05, 3.63) is 47.0 Å². The summed E-state index contributed by atoms with van der Waals surface area (Å²) in [4.78, 5) is 12.1. The summed E-state index contributed by atoms with van der Waals surface area (Å²) in [5.41, 5.74) is 2.47. The Balaban J connectivity index is 1.59. The van der Waals surface area contributed by atoms with Gasteiger partial charge in [-0.15, -0.1) is 0 Å². The van der Waals surface area contributed by atoms with Crippen LogP contribution in [0.1, 0.15) is 5.56 Å². The van der Waals surface area contributed by atoms with Gasteiger partial charge in [-0.1, -0.05) is 17.7 Å². The van der Waals surface area contributed by atoms with Gasteiger partial charge in [0.05, 0.1) is 6.54 Å². The minimum absolute atomic E-state index is 0.144. The summed E-state index contributed by atoms with van der Waals surface area (Å²) in [6, 6.07) is 10.9. The molecular weight excluding hydrogens is 316 g/mol. The number of benzene rings is 2. The molecule has 3 rings (SSSR count). The van der Waals surface area contributed by atoms with Crippen molar-refractivity contribution in [3.8, 4) is 11.5 Å². The molecule has 0 unspecified atom stereocenters. The van der Waals surface area contributed by atoms with E-state index < -0.39 is 0 Å². The Morgan fingerprint density at radius 3 is 2.74 bits per heavy atom. The van der Waals surface area contributed by atoms with E-state index in [2.05, 4.69) is 10.6 Å². The number of carbonyl (C=O) groups is 1. The van der Waals surface area contributed by atoms with Crippen LogP contribution in [0.2, 0.25) is 5.02 Å². The number of fused-ring (bicyclic) bond motifs is 1. The third-order valence-electron chi connectivity index (χ3n) is 3.47. The largest absolute Gasteiger partial charge is 0.486 e. The van der Waals surface area contributed by atoms with Crippen LogP contribution in [0.4, 0.5) is 11.4 Å². The van der Waals surface area contributed by atoms with Crippen LogP contribution in [-0.4, -0.2) is 25.7 Å². The van der Waals surface area contributed by atoms with Gasteiger partial charge in [0, 0.05) is 22.5 Å². The van der Waals surface area contributed by atoms with Gasteiger partial charge in [-0.25, -0.2) is 0 Å². The van der Waals surface area contributed by atoms with Crippen LogP contribution in [0.3, 0.4) is 0 Å². The van der Waals surface area contributed by atoms with Gasteiger partial charge < -0.3 is 20.1 Å². The molecule has 6 heteroatoms. The number of carbonyl (C=O) groups excluding carboxylic acids is 1. The Morgan fingerprint density at radius 2 is 1.91 bits per heavy atom. The van der Waals surface area contributed by atoms with Crippen LogP contribution in [0.5, 0.6) is 11.5 Å². The lowest BCUT2D eigenvalue weighted by atomic mass is 10.2. The Bertz CT molecular complexity index is 734. The average molecular weight is 333 g/mol. The highest BCUT2D eigenvalue weighted by Gasteiger charge is 2.12. The number of rotatable bonds is 4. The standard InChI is InChI=1S/C17H17ClN2O3/c1-11-2-3-12(18)8-14(11)20-17(21)10-19-13-4-5-15-16(9-13)23-7-6-22-15/h2-5,8-9,19H,6-7,10H2,1H3,(H,20,21). The van der Waals surface area contributed by atoms with Crippen LogP contribution in [0.25, 0.3) is 0 Å². The van der Waals surface area contributed by atoms with Crippen molar-refractivity contribution in [2.24, 2.45) is 0 Å². The number of hydrogen-bond acceptors (Lipinski definition) is 4. The van der Waals surface area contributed by atoms with Crippen molar-refractivity contribution in [3.63, 3.8) is 0 Å². The lowest BCUT2D eigenvalue weighted by Gasteiger charge is -2.19. The monoisotopic (exact) mass is 332 g/mol. The van der Waals surface area contributed by atoms with Crippen molar-refractivity contribution >= 4 is 28.9 Å². The minimum atomic E-state index is -0.148. The van der Waals surface area contributed by atoms with Gasteiger partial charge in [-0.2, -0.15) is 0 Å². The molecule has 2 N–H and O–H groups in total. The fourth-order valence-electron chi connectivity index (χ4n) is 2.26. The molecule has 0 spiro atoms. The van der Waals surface area contributed by atoms with Crippen LogP contribution in [-0.2, 0) is 4.79 Å². The topological polar surface area (TPSA) is 59.6 Å². The first-order chi connectivity index (χ1) is 11.1. The van der Waals surface area contributed by atoms with Gasteiger partial charge in [0.15, 0.2) is 11.5 Å². The SMILES string of the molecule is Cc1ccc(Cl)cc1NC(=O)CNc1ccc2c(c1)OCCO2. The zero-order valence-electron chi connectivity index (χ0n) is 12.7. The summed E-state index contributed by atoms with van der Waals surface area (Å²) in [7, 11) is 0. The van der Waals surface area contributed by atoms with Crippen molar-refractivity contribution < 1.29 is 14.3 Å². The molecule has 0 radical (unpaired) electrons. The van der Waals surface area contributed by atoms with Crippen molar-refractivity contribution in [1.29, 1.82) is 0 Å². The summed E-state index contributed by atoms with van der Waals surface area (Å²) < 4.78 is 11.0. The molecule has 0 fully saturated rings. The molecular formula is C17H17ClN2O3. The fourth-order valence-corrected chi connectivity index (χ4v) is 2.43. The van der Waals surface area contributed by atoms with Crippen LogP contribution in [0, 0.1) is 6.92 Å². The maximum Gasteiger partial charge on any atom is 0.243 e. The van der Waals surface area contributed by atoms with E-state index in [0.717, 1.165) is 17.0 Å². The molecule has 1 aliphatic rings. The Morgan fingerprint density at radius 1 is 1.13 bits per heavy atom. The van der Waals surface area contributed by atoms with E-state index in [9.17, 15) is 4.79 Å². The van der Waals surface area contributed by atoms with Crippen molar-refractivity contribution in [2.45, 2.75) is 6.92 Å². The first kappa shape index (κ1) is 15.5. The molecule has 0 saturated heterocycles. The Kier molecular flexibility index (Phi) is 4.57. The first-order valence-electron chi connectivity index (χ1n) is 7.31. The smallest absolute Gasteiger partial charge is 0.243 e. The van der Waals surface area contributed by atoms with Crippen LogP contribution in [0.15, 0.2) is 36.4 Å². The molecule has 1 amide bonds. The van der Waals surface area contributed by atoms with Crippen molar-refractivity contribution in [2.75, 3.05) is 30.4 Å². The molecule has 1 heterocycles. The molecule has 5 nitrogen and oxygen atoms in total. The van der Waals surface area contributed by atoms with E-state index in [1.54, 1.807) is 12.1 Å². The minimum Gasteiger partial charge on any atom is -0.486 e. The zero-order chi connectivity index (χ0) is 16.2. The van der Waals surface area contributed by atoms with Gasteiger partial charge in [-0.05, 0) is 36.8 Å². The van der Waals surface area contributed by atoms with Gasteiger partial charge in [0.2, 0.25) is 5.91 Å². The molecule has 0 aromatic heterocycles. The number of amides is 1. The predicted octanol–water partition coefficient (Wildman–Crippen LogP) is 3.47. The average Bonchev–Trinajstić information content (AvgIpc) is 2.56. The number of halogens is 1. The summed E-state index contributed by atoms with van der Waals surface area (Å²) in [5, 5.41) is 6.50. The highest BCUT2D eigenvalue weighted by Crippen LogP contribution is 2.32. The number of hydrogen-bond donors (Lipinski definition) is 2. The van der Waals surface area contributed by atoms with E-state index >= 15 is 0 Å². The van der Waals surface area contributed by atoms with Gasteiger partial charge >= 0.3 is 0 Å². The maximum atomic E-state index is 12.1. The zero-order valence-corrected chi connectivity index (χ0v) is 13.4. The number of aryl methyl sites for hydroxylation is 1. The predicted molar refractivity (Wildman–Crippen MR) is 90.7 cm³/mol. The molecule has 1 aliphatic heterocycles. The normalized spacial score (nSPS) is 12.6. The molecule has 0 atom stereocenters. The molecule has 0 aliphatic carbocycles. The quantitative estimate of drug-likeness (QED) is 0.900. The Hall–Kier alpha value is -2.40. The third-order valence-corrected chi connectivity index (χ3v) is 3.70. The molecule has 120 valence electrons. The lowest BCUT2D eigenvalue weighted by Crippen LogP contribution is -2.22. The third kappa shape index (κ3) is 3.87. The van der Waals surface area contributed by atoms with Crippen LogP contribution >= 0.6 is 11.6 Å². The summed E-state index contributed by atoms with van der Waals surface area (Å²) >= 11 is 5.95. The summed E-state index contributed by atoms with van der Waals surface area (Å²) in [6.45, 7) is 3.15. The van der Waals surface area contributed by atoms with E-state index in [0.29, 0.717) is 29.7 Å². The van der Waals surface area contributed by atoms with Gasteiger partial charge in [0.25, 0.3) is 0 Å². The van der Waals surface area contributed by atoms with E-state index in [4.69, 9.17) is 21.1 Å².